The van der Waals surface area contributed by atoms with Crippen LogP contribution in [0, 0.1) is 18.7 Å². The van der Waals surface area contributed by atoms with Gasteiger partial charge in [-0.2, -0.15) is 0 Å². The van der Waals surface area contributed by atoms with Gasteiger partial charge in [0.15, 0.2) is 0 Å². The molecule has 3 N–H and O–H groups in total. The lowest BCUT2D eigenvalue weighted by Gasteiger charge is -2.14. The van der Waals surface area contributed by atoms with Gasteiger partial charge in [0.25, 0.3) is 0 Å². The zero-order valence-electron chi connectivity index (χ0n) is 10.4. The van der Waals surface area contributed by atoms with E-state index in [0.717, 1.165) is 12.8 Å². The Morgan fingerprint density at radius 2 is 2.05 bits per heavy atom. The van der Waals surface area contributed by atoms with Gasteiger partial charge in [0.2, 0.25) is 0 Å². The van der Waals surface area contributed by atoms with Crippen LogP contribution in [0.15, 0.2) is 18.2 Å². The van der Waals surface area contributed by atoms with E-state index in [1.54, 1.807) is 13.0 Å². The largest absolute Gasteiger partial charge is 0.480 e. The average Bonchev–Trinajstić information content (AvgIpc) is 3.07. The van der Waals surface area contributed by atoms with Gasteiger partial charge in [0.1, 0.15) is 11.9 Å². The highest BCUT2D eigenvalue weighted by Crippen LogP contribution is 2.32. The number of nitrogens with one attached hydrogen (secondary N) is 2. The van der Waals surface area contributed by atoms with E-state index >= 15 is 0 Å². The molecule has 0 saturated heterocycles. The molecule has 1 aliphatic carbocycles. The topological polar surface area (TPSA) is 78.4 Å². The van der Waals surface area contributed by atoms with Crippen LogP contribution in [-0.4, -0.2) is 23.1 Å². The summed E-state index contributed by atoms with van der Waals surface area (Å²) in [7, 11) is 0. The zero-order valence-corrected chi connectivity index (χ0v) is 10.4. The minimum atomic E-state index is -1.05. The molecule has 1 atom stereocenters. The van der Waals surface area contributed by atoms with Gasteiger partial charge >= 0.3 is 12.0 Å². The number of benzene rings is 1. The number of urea groups is 1. The molecule has 0 aliphatic heterocycles. The zero-order chi connectivity index (χ0) is 14.0. The second-order valence-corrected chi connectivity index (χ2v) is 4.77. The molecule has 0 aromatic heterocycles. The van der Waals surface area contributed by atoms with Crippen molar-refractivity contribution in [2.75, 3.05) is 5.32 Å². The molecule has 19 heavy (non-hydrogen) atoms. The second-order valence-electron chi connectivity index (χ2n) is 4.77. The van der Waals surface area contributed by atoms with Gasteiger partial charge in [-0.1, -0.05) is 0 Å². The van der Waals surface area contributed by atoms with Gasteiger partial charge in [-0.15, -0.1) is 0 Å². The number of carboxylic acid groups (broad SMARTS) is 1. The quantitative estimate of drug-likeness (QED) is 0.781. The molecule has 0 heterocycles. The number of carbonyl (C=O) groups is 2. The van der Waals surface area contributed by atoms with E-state index in [2.05, 4.69) is 10.6 Å². The van der Waals surface area contributed by atoms with Crippen molar-refractivity contribution >= 4 is 17.7 Å². The Bertz CT molecular complexity index is 494. The van der Waals surface area contributed by atoms with Crippen LogP contribution >= 0.6 is 0 Å². The van der Waals surface area contributed by atoms with E-state index in [0.29, 0.717) is 11.3 Å². The lowest BCUT2D eigenvalue weighted by atomic mass is 10.2. The van der Waals surface area contributed by atoms with Crippen molar-refractivity contribution in [3.8, 4) is 0 Å². The van der Waals surface area contributed by atoms with Crippen molar-refractivity contribution in [3.05, 3.63) is 29.6 Å². The highest BCUT2D eigenvalue weighted by molar-refractivity contribution is 5.92. The average molecular weight is 266 g/mol. The molecule has 0 radical (unpaired) electrons. The second kappa shape index (κ2) is 5.26. The third-order valence-electron chi connectivity index (χ3n) is 2.95. The summed E-state index contributed by atoms with van der Waals surface area (Å²) in [5.41, 5.74) is 0.974. The van der Waals surface area contributed by atoms with E-state index in [-0.39, 0.29) is 5.92 Å². The summed E-state index contributed by atoms with van der Waals surface area (Å²) in [5.74, 6) is -1.50. The van der Waals surface area contributed by atoms with Gasteiger partial charge in [-0.25, -0.2) is 14.0 Å². The molecular formula is C13H15FN2O3. The highest BCUT2D eigenvalue weighted by Gasteiger charge is 2.37. The van der Waals surface area contributed by atoms with Crippen LogP contribution in [-0.2, 0) is 4.79 Å². The Kier molecular flexibility index (Phi) is 3.69. The van der Waals surface area contributed by atoms with Crippen LogP contribution in [0.4, 0.5) is 14.9 Å². The lowest BCUT2D eigenvalue weighted by Crippen LogP contribution is -2.44. The van der Waals surface area contributed by atoms with E-state index < -0.39 is 23.9 Å². The van der Waals surface area contributed by atoms with Crippen LogP contribution < -0.4 is 10.6 Å². The molecule has 0 bridgehead atoms. The Hall–Kier alpha value is -2.11. The van der Waals surface area contributed by atoms with E-state index in [1.807, 2.05) is 0 Å². The maximum atomic E-state index is 13.1. The molecule has 102 valence electrons. The predicted octanol–water partition coefficient (Wildman–Crippen LogP) is 2.12. The molecule has 1 saturated carbocycles. The molecule has 1 aromatic carbocycles. The summed E-state index contributed by atoms with van der Waals surface area (Å²) in [6.45, 7) is 1.70. The maximum absolute atomic E-state index is 13.1. The highest BCUT2D eigenvalue weighted by atomic mass is 19.1. The van der Waals surface area contributed by atoms with Gasteiger partial charge in [-0.3, -0.25) is 0 Å². The molecular weight excluding hydrogens is 251 g/mol. The number of aryl methyl sites for hydroxylation is 1. The fraction of sp³-hybridized carbons (Fsp3) is 0.385. The number of halogens is 1. The lowest BCUT2D eigenvalue weighted by molar-refractivity contribution is -0.139. The first kappa shape index (κ1) is 13.3. The Balaban J connectivity index is 1.98. The number of hydrogen-bond donors (Lipinski definition) is 3. The van der Waals surface area contributed by atoms with Crippen LogP contribution in [0.25, 0.3) is 0 Å². The van der Waals surface area contributed by atoms with Crippen molar-refractivity contribution in [2.24, 2.45) is 5.92 Å². The molecule has 0 spiro atoms. The van der Waals surface area contributed by atoms with Gasteiger partial charge in [-0.05, 0) is 49.4 Å². The summed E-state index contributed by atoms with van der Waals surface area (Å²) in [5, 5.41) is 13.8. The summed E-state index contributed by atoms with van der Waals surface area (Å²) in [6.07, 6.45) is 1.60. The Labute approximate surface area is 109 Å². The molecule has 2 rings (SSSR count). The first-order valence-electron chi connectivity index (χ1n) is 6.03. The number of anilines is 1. The van der Waals surface area contributed by atoms with Crippen molar-refractivity contribution < 1.29 is 19.1 Å². The molecule has 1 fully saturated rings. The minimum Gasteiger partial charge on any atom is -0.480 e. The summed E-state index contributed by atoms with van der Waals surface area (Å²) >= 11 is 0. The van der Waals surface area contributed by atoms with Crippen molar-refractivity contribution in [2.45, 2.75) is 25.8 Å². The van der Waals surface area contributed by atoms with Crippen LogP contribution in [0.3, 0.4) is 0 Å². The summed E-state index contributed by atoms with van der Waals surface area (Å²) < 4.78 is 13.1. The predicted molar refractivity (Wildman–Crippen MR) is 67.4 cm³/mol. The number of carboxylic acids is 1. The van der Waals surface area contributed by atoms with Gasteiger partial charge < -0.3 is 15.7 Å². The maximum Gasteiger partial charge on any atom is 0.326 e. The normalized spacial score (nSPS) is 15.7. The molecule has 6 heteroatoms. The summed E-state index contributed by atoms with van der Waals surface area (Å²) in [4.78, 5) is 22.6. The number of hydrogen-bond acceptors (Lipinski definition) is 2. The number of carbonyl (C=O) groups excluding carboxylic acids is 1. The van der Waals surface area contributed by atoms with E-state index in [1.165, 1.54) is 12.1 Å². The Morgan fingerprint density at radius 3 is 2.58 bits per heavy atom. The molecule has 2 amide bonds. The van der Waals surface area contributed by atoms with E-state index in [4.69, 9.17) is 5.11 Å². The first-order chi connectivity index (χ1) is 8.95. The van der Waals surface area contributed by atoms with Crippen molar-refractivity contribution in [1.82, 2.24) is 5.32 Å². The number of rotatable bonds is 4. The monoisotopic (exact) mass is 266 g/mol. The first-order valence-corrected chi connectivity index (χ1v) is 6.03. The van der Waals surface area contributed by atoms with Crippen molar-refractivity contribution in [1.29, 1.82) is 0 Å². The third kappa shape index (κ3) is 3.67. The van der Waals surface area contributed by atoms with Crippen LogP contribution in [0.5, 0.6) is 0 Å². The molecule has 1 aromatic rings. The van der Waals surface area contributed by atoms with Crippen molar-refractivity contribution in [3.63, 3.8) is 0 Å². The molecule has 5 nitrogen and oxygen atoms in total. The van der Waals surface area contributed by atoms with Crippen LogP contribution in [0.1, 0.15) is 18.4 Å². The summed E-state index contributed by atoms with van der Waals surface area (Å²) in [6, 6.07) is 2.61. The third-order valence-corrected chi connectivity index (χ3v) is 2.95. The molecule has 1 unspecified atom stereocenters. The number of aliphatic carboxylic acids is 1. The minimum absolute atomic E-state index is 0.00232. The fourth-order valence-corrected chi connectivity index (χ4v) is 1.93. The van der Waals surface area contributed by atoms with E-state index in [9.17, 15) is 14.0 Å². The van der Waals surface area contributed by atoms with Gasteiger partial charge in [0, 0.05) is 5.69 Å². The molecule has 1 aliphatic rings. The standard InChI is InChI=1S/C13H15FN2O3/c1-7-4-9(14)6-10(5-7)15-13(19)16-11(12(17)18)8-2-3-8/h4-6,8,11H,2-3H2,1H3,(H,17,18)(H2,15,16,19). The Morgan fingerprint density at radius 1 is 1.37 bits per heavy atom. The SMILES string of the molecule is Cc1cc(F)cc(NC(=O)NC(C(=O)O)C2CC2)c1. The number of amides is 2. The van der Waals surface area contributed by atoms with Gasteiger partial charge in [0.05, 0.1) is 0 Å². The smallest absolute Gasteiger partial charge is 0.326 e. The fourth-order valence-electron chi connectivity index (χ4n) is 1.93. The van der Waals surface area contributed by atoms with Crippen LogP contribution in [0.2, 0.25) is 0 Å².